The Hall–Kier alpha value is -0.650. The van der Waals surface area contributed by atoms with Gasteiger partial charge in [-0.15, -0.1) is 0 Å². The Morgan fingerprint density at radius 3 is 2.92 bits per heavy atom. The Bertz CT molecular complexity index is 327. The van der Waals surface area contributed by atoms with Gasteiger partial charge in [-0.2, -0.15) is 0 Å². The van der Waals surface area contributed by atoms with Crippen LogP contribution < -0.4 is 5.32 Å². The zero-order valence-electron chi connectivity index (χ0n) is 7.10. The van der Waals surface area contributed by atoms with Crippen LogP contribution in [-0.2, 0) is 4.79 Å². The van der Waals surface area contributed by atoms with Crippen LogP contribution in [0, 0.1) is 9.39 Å². The molecule has 1 rings (SSSR count). The largest absolute Gasteiger partial charge is 0.325 e. The number of hydrogen-bond acceptors (Lipinski definition) is 1. The number of anilines is 1. The van der Waals surface area contributed by atoms with Gasteiger partial charge in [-0.3, -0.25) is 4.79 Å². The first kappa shape index (κ1) is 10.4. The molecule has 4 heteroatoms. The Morgan fingerprint density at radius 1 is 1.62 bits per heavy atom. The Kier molecular flexibility index (Phi) is 3.65. The molecule has 0 spiro atoms. The second kappa shape index (κ2) is 4.55. The average Bonchev–Trinajstić information content (AvgIpc) is 2.13. The molecule has 2 nitrogen and oxygen atoms in total. The number of carbonyl (C=O) groups is 1. The summed E-state index contributed by atoms with van der Waals surface area (Å²) >= 11 is 1.86. The maximum atomic E-state index is 13.0. The van der Waals surface area contributed by atoms with Crippen LogP contribution in [0.15, 0.2) is 18.2 Å². The molecule has 0 saturated carbocycles. The lowest BCUT2D eigenvalue weighted by molar-refractivity contribution is -0.115. The number of nitrogens with one attached hydrogen (secondary N) is 1. The van der Waals surface area contributed by atoms with Gasteiger partial charge in [-0.1, -0.05) is 13.0 Å². The quantitative estimate of drug-likeness (QED) is 0.835. The maximum absolute atomic E-state index is 13.0. The second-order valence-electron chi connectivity index (χ2n) is 2.50. The van der Waals surface area contributed by atoms with Crippen LogP contribution in [0.2, 0.25) is 0 Å². The van der Waals surface area contributed by atoms with Crippen LogP contribution in [0.25, 0.3) is 0 Å². The van der Waals surface area contributed by atoms with Gasteiger partial charge in [-0.05, 0) is 34.7 Å². The molecule has 0 atom stereocenters. The molecule has 0 bridgehead atoms. The fourth-order valence-corrected chi connectivity index (χ4v) is 1.33. The minimum atomic E-state index is -0.311. The monoisotopic (exact) mass is 293 g/mol. The highest BCUT2D eigenvalue weighted by molar-refractivity contribution is 14.1. The molecular formula is C9H9FINO. The summed E-state index contributed by atoms with van der Waals surface area (Å²) in [6.07, 6.45) is 0.395. The molecule has 1 N–H and O–H groups in total. The highest BCUT2D eigenvalue weighted by atomic mass is 127. The lowest BCUT2D eigenvalue weighted by Crippen LogP contribution is -2.10. The zero-order valence-corrected chi connectivity index (χ0v) is 9.26. The Balaban J connectivity index is 2.89. The van der Waals surface area contributed by atoms with Crippen LogP contribution in [0.1, 0.15) is 13.3 Å². The van der Waals surface area contributed by atoms with Crippen molar-refractivity contribution in [1.82, 2.24) is 0 Å². The predicted molar refractivity (Wildman–Crippen MR) is 58.0 cm³/mol. The van der Waals surface area contributed by atoms with E-state index < -0.39 is 0 Å². The third-order valence-corrected chi connectivity index (χ3v) is 2.64. The van der Waals surface area contributed by atoms with Crippen LogP contribution >= 0.6 is 22.6 Å². The molecule has 0 saturated heterocycles. The van der Waals surface area contributed by atoms with Gasteiger partial charge in [0, 0.05) is 6.42 Å². The van der Waals surface area contributed by atoms with Crippen molar-refractivity contribution in [3.05, 3.63) is 27.6 Å². The first-order valence-electron chi connectivity index (χ1n) is 3.89. The summed E-state index contributed by atoms with van der Waals surface area (Å²) in [4.78, 5) is 11.0. The molecule has 70 valence electrons. The molecule has 0 radical (unpaired) electrons. The summed E-state index contributed by atoms with van der Waals surface area (Å²) in [7, 11) is 0. The Labute approximate surface area is 89.7 Å². The van der Waals surface area contributed by atoms with Crippen LogP contribution in [-0.4, -0.2) is 5.91 Å². The van der Waals surface area contributed by atoms with E-state index in [2.05, 4.69) is 5.32 Å². The van der Waals surface area contributed by atoms with Crippen molar-refractivity contribution in [2.75, 3.05) is 5.32 Å². The van der Waals surface area contributed by atoms with Crippen molar-refractivity contribution in [2.24, 2.45) is 0 Å². The molecule has 0 aliphatic heterocycles. The fourth-order valence-electron chi connectivity index (χ4n) is 0.839. The standard InChI is InChI=1S/C9H9FINO/c1-2-8(13)12-7-5-3-4-6(10)9(7)11/h3-5H,2H2,1H3,(H,12,13). The molecule has 1 aromatic carbocycles. The number of hydrogen-bond donors (Lipinski definition) is 1. The summed E-state index contributed by atoms with van der Waals surface area (Å²) < 4.78 is 13.4. The average molecular weight is 293 g/mol. The van der Waals surface area contributed by atoms with Gasteiger partial charge in [-0.25, -0.2) is 4.39 Å². The van der Waals surface area contributed by atoms with E-state index in [-0.39, 0.29) is 11.7 Å². The van der Waals surface area contributed by atoms with Crippen molar-refractivity contribution in [3.63, 3.8) is 0 Å². The lowest BCUT2D eigenvalue weighted by Gasteiger charge is -2.05. The van der Waals surface area contributed by atoms with Crippen molar-refractivity contribution in [1.29, 1.82) is 0 Å². The first-order valence-corrected chi connectivity index (χ1v) is 4.97. The zero-order chi connectivity index (χ0) is 9.84. The molecule has 1 aromatic rings. The van der Waals surface area contributed by atoms with Gasteiger partial charge in [0.05, 0.1) is 9.26 Å². The summed E-state index contributed by atoms with van der Waals surface area (Å²) in [5, 5.41) is 2.61. The van der Waals surface area contributed by atoms with Gasteiger partial charge in [0.1, 0.15) is 5.82 Å². The molecule has 0 aromatic heterocycles. The number of benzene rings is 1. The van der Waals surface area contributed by atoms with Crippen molar-refractivity contribution < 1.29 is 9.18 Å². The summed E-state index contributed by atoms with van der Waals surface area (Å²) in [6.45, 7) is 1.75. The molecular weight excluding hydrogens is 284 g/mol. The smallest absolute Gasteiger partial charge is 0.224 e. The lowest BCUT2D eigenvalue weighted by atomic mass is 10.3. The van der Waals surface area contributed by atoms with E-state index in [1.807, 2.05) is 22.6 Å². The highest BCUT2D eigenvalue weighted by Crippen LogP contribution is 2.20. The highest BCUT2D eigenvalue weighted by Gasteiger charge is 2.06. The summed E-state index contributed by atoms with van der Waals surface area (Å²) in [5.41, 5.74) is 0.535. The van der Waals surface area contributed by atoms with E-state index in [0.29, 0.717) is 15.7 Å². The minimum absolute atomic E-state index is 0.108. The number of rotatable bonds is 2. The fraction of sp³-hybridized carbons (Fsp3) is 0.222. The summed E-state index contributed by atoms with van der Waals surface area (Å²) in [6, 6.07) is 4.62. The van der Waals surface area contributed by atoms with E-state index >= 15 is 0 Å². The van der Waals surface area contributed by atoms with Crippen molar-refractivity contribution in [2.45, 2.75) is 13.3 Å². The maximum Gasteiger partial charge on any atom is 0.224 e. The van der Waals surface area contributed by atoms with Gasteiger partial charge >= 0.3 is 0 Å². The molecule has 0 unspecified atom stereocenters. The molecule has 13 heavy (non-hydrogen) atoms. The van der Waals surface area contributed by atoms with E-state index in [1.54, 1.807) is 19.1 Å². The molecule has 0 heterocycles. The van der Waals surface area contributed by atoms with Gasteiger partial charge < -0.3 is 5.32 Å². The van der Waals surface area contributed by atoms with Crippen molar-refractivity contribution in [3.8, 4) is 0 Å². The van der Waals surface area contributed by atoms with Gasteiger partial charge in [0.15, 0.2) is 0 Å². The summed E-state index contributed by atoms with van der Waals surface area (Å²) in [5.74, 6) is -0.419. The molecule has 0 aliphatic rings. The molecule has 1 amide bonds. The number of carbonyl (C=O) groups excluding carboxylic acids is 1. The van der Waals surface area contributed by atoms with Gasteiger partial charge in [0.2, 0.25) is 5.91 Å². The van der Waals surface area contributed by atoms with E-state index in [9.17, 15) is 9.18 Å². The van der Waals surface area contributed by atoms with Crippen LogP contribution in [0.3, 0.4) is 0 Å². The SMILES string of the molecule is CCC(=O)Nc1cccc(F)c1I. The van der Waals surface area contributed by atoms with Crippen LogP contribution in [0.4, 0.5) is 10.1 Å². The van der Waals surface area contributed by atoms with Gasteiger partial charge in [0.25, 0.3) is 0 Å². The molecule has 0 fully saturated rings. The normalized spacial score (nSPS) is 9.77. The van der Waals surface area contributed by atoms with E-state index in [4.69, 9.17) is 0 Å². The minimum Gasteiger partial charge on any atom is -0.325 e. The molecule has 0 aliphatic carbocycles. The Morgan fingerprint density at radius 2 is 2.31 bits per heavy atom. The van der Waals surface area contributed by atoms with E-state index in [0.717, 1.165) is 0 Å². The van der Waals surface area contributed by atoms with E-state index in [1.165, 1.54) is 6.07 Å². The third-order valence-electron chi connectivity index (χ3n) is 1.55. The third kappa shape index (κ3) is 2.65. The topological polar surface area (TPSA) is 29.1 Å². The first-order chi connectivity index (χ1) is 6.15. The second-order valence-corrected chi connectivity index (χ2v) is 3.58. The number of amides is 1. The number of halogens is 2. The predicted octanol–water partition coefficient (Wildman–Crippen LogP) is 2.78. The van der Waals surface area contributed by atoms with Crippen LogP contribution in [0.5, 0.6) is 0 Å². The van der Waals surface area contributed by atoms with Crippen molar-refractivity contribution >= 4 is 34.2 Å².